The van der Waals surface area contributed by atoms with Gasteiger partial charge in [-0.1, -0.05) is 0 Å². The van der Waals surface area contributed by atoms with E-state index in [1.807, 2.05) is 11.9 Å². The molecule has 0 aromatic carbocycles. The molecule has 0 radical (unpaired) electrons. The Morgan fingerprint density at radius 1 is 1.40 bits per heavy atom. The van der Waals surface area contributed by atoms with E-state index in [1.165, 1.54) is 14.0 Å². The van der Waals surface area contributed by atoms with E-state index in [1.54, 1.807) is 4.90 Å². The Morgan fingerprint density at radius 3 is 2.68 bits per heavy atom. The largest absolute Gasteiger partial charge is 0.492 e. The number of primary amides is 1. The van der Waals surface area contributed by atoms with E-state index in [0.29, 0.717) is 6.54 Å². The second kappa shape index (κ2) is 4.83. The van der Waals surface area contributed by atoms with Crippen molar-refractivity contribution in [3.8, 4) is 0 Å². The van der Waals surface area contributed by atoms with Gasteiger partial charge in [-0.2, -0.15) is 0 Å². The van der Waals surface area contributed by atoms with Gasteiger partial charge in [0.1, 0.15) is 6.61 Å². The smallest absolute Gasteiger partial charge is 0.404 e. The minimum absolute atomic E-state index is 0.0432. The Morgan fingerprint density at radius 2 is 2.08 bits per heavy atom. The Kier molecular flexibility index (Phi) is 3.11. The molecule has 9 nitrogen and oxygen atoms in total. The number of hydrogen-bond acceptors (Lipinski definition) is 8. The standard InChI is InChI=1S/C16H19N3O6/c1-6-11(20)10-9(12(21)13(6)24-3)7(5-25-15(17)22)16(23)14-8(18(14)2)4-19(10)16/h7-8,14,23H,4-5H2,1-3H3,(H2,17,22)/t7-,8-,14-,16-,18?/m1/s1. The monoisotopic (exact) mass is 349 g/mol. The Labute approximate surface area is 143 Å². The molecule has 3 N–H and O–H groups in total. The lowest BCUT2D eigenvalue weighted by Gasteiger charge is -2.37. The number of allylic oxidation sites excluding steroid dienone is 2. The van der Waals surface area contributed by atoms with Crippen molar-refractivity contribution >= 4 is 17.7 Å². The summed E-state index contributed by atoms with van der Waals surface area (Å²) in [4.78, 5) is 40.4. The molecule has 1 unspecified atom stereocenters. The molecule has 0 bridgehead atoms. The fourth-order valence-corrected chi connectivity index (χ4v) is 4.60. The zero-order valence-electron chi connectivity index (χ0n) is 14.1. The highest BCUT2D eigenvalue weighted by Gasteiger charge is 2.74. The molecular weight excluding hydrogens is 330 g/mol. The molecule has 0 saturated carbocycles. The number of ether oxygens (including phenoxy) is 2. The Hall–Kier alpha value is -2.39. The van der Waals surface area contributed by atoms with Crippen LogP contribution in [0.15, 0.2) is 22.6 Å². The number of nitrogens with zero attached hydrogens (tertiary/aromatic N) is 2. The summed E-state index contributed by atoms with van der Waals surface area (Å²) in [5.41, 5.74) is 4.09. The fourth-order valence-electron chi connectivity index (χ4n) is 4.60. The lowest BCUT2D eigenvalue weighted by atomic mass is 9.83. The number of likely N-dealkylation sites (N-methyl/N-ethyl adjacent to an activating group) is 1. The molecule has 1 aliphatic carbocycles. The first kappa shape index (κ1) is 16.1. The van der Waals surface area contributed by atoms with Gasteiger partial charge < -0.3 is 25.2 Å². The predicted molar refractivity (Wildman–Crippen MR) is 82.8 cm³/mol. The van der Waals surface area contributed by atoms with Crippen LogP contribution in [0.3, 0.4) is 0 Å². The zero-order chi connectivity index (χ0) is 18.3. The zero-order valence-corrected chi connectivity index (χ0v) is 14.1. The highest BCUT2D eigenvalue weighted by Crippen LogP contribution is 2.57. The quantitative estimate of drug-likeness (QED) is 0.477. The molecule has 0 spiro atoms. The maximum atomic E-state index is 12.9. The van der Waals surface area contributed by atoms with Gasteiger partial charge in [-0.3, -0.25) is 14.5 Å². The molecule has 2 saturated heterocycles. The number of amides is 1. The van der Waals surface area contributed by atoms with Crippen LogP contribution in [0.25, 0.3) is 0 Å². The highest BCUT2D eigenvalue weighted by atomic mass is 16.5. The summed E-state index contributed by atoms with van der Waals surface area (Å²) in [5.74, 6) is -1.73. The number of carbonyl (C=O) groups excluding carboxylic acids is 3. The van der Waals surface area contributed by atoms with Crippen LogP contribution in [0.5, 0.6) is 0 Å². The van der Waals surface area contributed by atoms with Crippen molar-refractivity contribution < 1.29 is 29.0 Å². The van der Waals surface area contributed by atoms with Crippen LogP contribution in [0, 0.1) is 5.92 Å². The van der Waals surface area contributed by atoms with Crippen molar-refractivity contribution in [3.05, 3.63) is 22.6 Å². The first-order valence-corrected chi connectivity index (χ1v) is 7.97. The molecule has 4 aliphatic rings. The first-order chi connectivity index (χ1) is 11.7. The SMILES string of the molecule is COC1=C(C)C(=O)C2=C(C1=O)[C@@H](COC(N)=O)[C@@]1(O)[C@H]3[C@@H](CN21)N3C. The molecule has 3 heterocycles. The summed E-state index contributed by atoms with van der Waals surface area (Å²) in [7, 11) is 3.18. The van der Waals surface area contributed by atoms with Gasteiger partial charge in [0.2, 0.25) is 11.6 Å². The third-order valence-electron chi connectivity index (χ3n) is 5.80. The molecule has 25 heavy (non-hydrogen) atoms. The molecular formula is C16H19N3O6. The number of carbonyl (C=O) groups is 3. The normalized spacial score (nSPS) is 38.6. The van der Waals surface area contributed by atoms with Crippen molar-refractivity contribution in [1.29, 1.82) is 0 Å². The summed E-state index contributed by atoms with van der Waals surface area (Å²) >= 11 is 0. The van der Waals surface area contributed by atoms with Gasteiger partial charge in [0, 0.05) is 23.7 Å². The summed E-state index contributed by atoms with van der Waals surface area (Å²) in [6.07, 6.45) is -1.00. The second-order valence-corrected chi connectivity index (χ2v) is 6.83. The summed E-state index contributed by atoms with van der Waals surface area (Å²) in [5, 5.41) is 11.4. The predicted octanol–water partition coefficient (Wildman–Crippen LogP) is -1.28. The van der Waals surface area contributed by atoms with Crippen molar-refractivity contribution in [2.75, 3.05) is 27.3 Å². The third-order valence-corrected chi connectivity index (χ3v) is 5.80. The summed E-state index contributed by atoms with van der Waals surface area (Å²) in [6.45, 7) is 1.67. The van der Waals surface area contributed by atoms with E-state index in [2.05, 4.69) is 0 Å². The lowest BCUT2D eigenvalue weighted by Crippen LogP contribution is -2.53. The third kappa shape index (κ3) is 1.77. The van der Waals surface area contributed by atoms with Gasteiger partial charge in [0.05, 0.1) is 24.8 Å². The second-order valence-electron chi connectivity index (χ2n) is 6.83. The number of Topliss-reactive ketones (excluding diaryl/α,β-unsaturated/α-hetero) is 2. The van der Waals surface area contributed by atoms with Crippen LogP contribution in [0.4, 0.5) is 4.79 Å². The van der Waals surface area contributed by atoms with E-state index in [9.17, 15) is 19.5 Å². The molecule has 3 aliphatic heterocycles. The molecule has 2 fully saturated rings. The number of aliphatic hydroxyl groups is 1. The van der Waals surface area contributed by atoms with Gasteiger partial charge in [-0.05, 0) is 14.0 Å². The Balaban J connectivity index is 1.82. The number of fused-ring (bicyclic) bond motifs is 4. The first-order valence-electron chi connectivity index (χ1n) is 7.97. The van der Waals surface area contributed by atoms with E-state index in [-0.39, 0.29) is 47.1 Å². The van der Waals surface area contributed by atoms with Crippen LogP contribution in [0.2, 0.25) is 0 Å². The average molecular weight is 349 g/mol. The number of methoxy groups -OCH3 is 1. The van der Waals surface area contributed by atoms with E-state index in [4.69, 9.17) is 15.2 Å². The summed E-state index contributed by atoms with van der Waals surface area (Å²) < 4.78 is 10.0. The van der Waals surface area contributed by atoms with E-state index < -0.39 is 23.5 Å². The van der Waals surface area contributed by atoms with Crippen molar-refractivity contribution in [3.63, 3.8) is 0 Å². The van der Waals surface area contributed by atoms with E-state index >= 15 is 0 Å². The molecule has 0 aromatic rings. The van der Waals surface area contributed by atoms with Crippen LogP contribution in [-0.4, -0.2) is 77.7 Å². The molecule has 1 amide bonds. The highest BCUT2D eigenvalue weighted by molar-refractivity contribution is 6.25. The number of piperazine rings is 1. The average Bonchev–Trinajstić information content (AvgIpc) is 2.96. The van der Waals surface area contributed by atoms with Crippen molar-refractivity contribution in [2.45, 2.75) is 24.7 Å². The van der Waals surface area contributed by atoms with Crippen LogP contribution >= 0.6 is 0 Å². The molecule has 134 valence electrons. The van der Waals surface area contributed by atoms with Crippen LogP contribution < -0.4 is 5.73 Å². The van der Waals surface area contributed by atoms with Crippen molar-refractivity contribution in [2.24, 2.45) is 11.7 Å². The minimum atomic E-state index is -1.49. The van der Waals surface area contributed by atoms with E-state index in [0.717, 1.165) is 0 Å². The maximum absolute atomic E-state index is 12.9. The van der Waals surface area contributed by atoms with Gasteiger partial charge in [0.15, 0.2) is 11.5 Å². The molecule has 0 aromatic heterocycles. The van der Waals surface area contributed by atoms with Gasteiger partial charge >= 0.3 is 6.09 Å². The molecule has 9 heteroatoms. The maximum Gasteiger partial charge on any atom is 0.404 e. The van der Waals surface area contributed by atoms with Crippen molar-refractivity contribution in [1.82, 2.24) is 9.80 Å². The van der Waals surface area contributed by atoms with Gasteiger partial charge in [0.25, 0.3) is 0 Å². The van der Waals surface area contributed by atoms with Gasteiger partial charge in [-0.15, -0.1) is 0 Å². The summed E-state index contributed by atoms with van der Waals surface area (Å²) in [6, 6.07) is -0.155. The molecule has 5 atom stereocenters. The number of hydrogen-bond donors (Lipinski definition) is 2. The number of rotatable bonds is 3. The Bertz CT molecular complexity index is 787. The number of ketones is 2. The molecule has 4 rings (SSSR count). The lowest BCUT2D eigenvalue weighted by molar-refractivity contribution is -0.126. The minimum Gasteiger partial charge on any atom is -0.492 e. The fraction of sp³-hybridized carbons (Fsp3) is 0.562. The number of nitrogens with two attached hydrogens (primary N) is 1. The van der Waals surface area contributed by atoms with Gasteiger partial charge in [-0.25, -0.2) is 4.79 Å². The van der Waals surface area contributed by atoms with Crippen LogP contribution in [0.1, 0.15) is 6.92 Å². The van der Waals surface area contributed by atoms with Crippen LogP contribution in [-0.2, 0) is 19.1 Å². The topological polar surface area (TPSA) is 122 Å².